The summed E-state index contributed by atoms with van der Waals surface area (Å²) in [7, 11) is 0. The summed E-state index contributed by atoms with van der Waals surface area (Å²) in [5, 5.41) is 3.85. The van der Waals surface area contributed by atoms with Crippen molar-refractivity contribution < 1.29 is 4.39 Å². The monoisotopic (exact) mass is 237 g/mol. The molecule has 0 spiro atoms. The van der Waals surface area contributed by atoms with Gasteiger partial charge in [0.25, 0.3) is 0 Å². The Morgan fingerprint density at radius 1 is 1.44 bits per heavy atom. The van der Waals surface area contributed by atoms with E-state index in [4.69, 9.17) is 0 Å². The molecule has 5 heteroatoms. The number of anilines is 1. The zero-order valence-electron chi connectivity index (χ0n) is 9.12. The second-order valence-electron chi connectivity index (χ2n) is 3.41. The molecular weight excluding hydrogens is 225 g/mol. The number of halogens is 1. The van der Waals surface area contributed by atoms with Gasteiger partial charge < -0.3 is 5.32 Å². The van der Waals surface area contributed by atoms with E-state index in [2.05, 4.69) is 14.7 Å². The van der Waals surface area contributed by atoms with Gasteiger partial charge in [-0.2, -0.15) is 9.36 Å². The van der Waals surface area contributed by atoms with Gasteiger partial charge in [0.15, 0.2) is 5.82 Å². The second kappa shape index (κ2) is 4.57. The van der Waals surface area contributed by atoms with E-state index in [1.54, 1.807) is 6.07 Å². The minimum Gasteiger partial charge on any atom is -0.361 e. The summed E-state index contributed by atoms with van der Waals surface area (Å²) in [5.74, 6) is 0.318. The third kappa shape index (κ3) is 2.19. The van der Waals surface area contributed by atoms with Gasteiger partial charge in [0.2, 0.25) is 5.13 Å². The van der Waals surface area contributed by atoms with Crippen molar-refractivity contribution >= 4 is 16.7 Å². The van der Waals surface area contributed by atoms with E-state index >= 15 is 0 Å². The summed E-state index contributed by atoms with van der Waals surface area (Å²) in [6, 6.07) is 4.64. The molecule has 0 bridgehead atoms. The van der Waals surface area contributed by atoms with E-state index in [0.717, 1.165) is 22.8 Å². The molecule has 1 aromatic carbocycles. The predicted molar refractivity (Wildman–Crippen MR) is 64.2 cm³/mol. The number of nitrogens with zero attached hydrogens (tertiary/aromatic N) is 2. The molecule has 0 aliphatic rings. The highest BCUT2D eigenvalue weighted by Crippen LogP contribution is 2.24. The zero-order valence-corrected chi connectivity index (χ0v) is 9.94. The van der Waals surface area contributed by atoms with Crippen LogP contribution in [0.4, 0.5) is 9.52 Å². The number of nitrogens with one attached hydrogen (secondary N) is 1. The normalized spacial score (nSPS) is 10.4. The van der Waals surface area contributed by atoms with Crippen LogP contribution in [-0.2, 0) is 0 Å². The van der Waals surface area contributed by atoms with E-state index in [1.165, 1.54) is 23.7 Å². The highest BCUT2D eigenvalue weighted by Gasteiger charge is 2.09. The van der Waals surface area contributed by atoms with Crippen molar-refractivity contribution in [1.29, 1.82) is 0 Å². The van der Waals surface area contributed by atoms with Gasteiger partial charge in [0.05, 0.1) is 0 Å². The van der Waals surface area contributed by atoms with Crippen LogP contribution in [0.5, 0.6) is 0 Å². The topological polar surface area (TPSA) is 37.8 Å². The van der Waals surface area contributed by atoms with Gasteiger partial charge in [-0.3, -0.25) is 0 Å². The van der Waals surface area contributed by atoms with Crippen LogP contribution in [0.1, 0.15) is 12.5 Å². The first-order chi connectivity index (χ1) is 7.70. The zero-order chi connectivity index (χ0) is 11.5. The molecule has 0 saturated heterocycles. The largest absolute Gasteiger partial charge is 0.361 e. The highest BCUT2D eigenvalue weighted by molar-refractivity contribution is 7.09. The summed E-state index contributed by atoms with van der Waals surface area (Å²) in [6.07, 6.45) is 0. The molecule has 0 atom stereocenters. The van der Waals surface area contributed by atoms with Gasteiger partial charge in [-0.1, -0.05) is 6.07 Å². The smallest absolute Gasteiger partial charge is 0.202 e. The quantitative estimate of drug-likeness (QED) is 0.891. The van der Waals surface area contributed by atoms with Gasteiger partial charge in [-0.15, -0.1) is 0 Å². The molecule has 0 fully saturated rings. The number of benzene rings is 1. The van der Waals surface area contributed by atoms with Gasteiger partial charge in [0, 0.05) is 23.6 Å². The van der Waals surface area contributed by atoms with Crippen LogP contribution in [0, 0.1) is 12.7 Å². The van der Waals surface area contributed by atoms with Crippen LogP contribution in [0.15, 0.2) is 18.2 Å². The Bertz CT molecular complexity index is 496. The molecular formula is C11H12FN3S. The van der Waals surface area contributed by atoms with Crippen LogP contribution in [0.25, 0.3) is 11.4 Å². The van der Waals surface area contributed by atoms with E-state index in [1.807, 2.05) is 13.8 Å². The Hall–Kier alpha value is -1.49. The molecule has 16 heavy (non-hydrogen) atoms. The number of hydrogen-bond donors (Lipinski definition) is 1. The van der Waals surface area contributed by atoms with E-state index in [9.17, 15) is 4.39 Å². The molecule has 3 nitrogen and oxygen atoms in total. The van der Waals surface area contributed by atoms with Crippen LogP contribution >= 0.6 is 11.5 Å². The molecule has 1 N–H and O–H groups in total. The molecule has 0 unspecified atom stereocenters. The Morgan fingerprint density at radius 3 is 3.00 bits per heavy atom. The van der Waals surface area contributed by atoms with Crippen molar-refractivity contribution in [1.82, 2.24) is 9.36 Å². The highest BCUT2D eigenvalue weighted by atomic mass is 32.1. The molecule has 0 saturated carbocycles. The van der Waals surface area contributed by atoms with E-state index in [-0.39, 0.29) is 5.82 Å². The first-order valence-corrected chi connectivity index (χ1v) is 5.82. The lowest BCUT2D eigenvalue weighted by Crippen LogP contribution is -1.95. The molecule has 84 valence electrons. The molecule has 1 aromatic heterocycles. The first-order valence-electron chi connectivity index (χ1n) is 5.05. The van der Waals surface area contributed by atoms with Crippen molar-refractivity contribution in [2.45, 2.75) is 13.8 Å². The van der Waals surface area contributed by atoms with E-state index in [0.29, 0.717) is 5.82 Å². The second-order valence-corrected chi connectivity index (χ2v) is 4.16. The fraction of sp³-hybridized carbons (Fsp3) is 0.273. The average Bonchev–Trinajstić information content (AvgIpc) is 2.71. The number of aromatic nitrogens is 2. The lowest BCUT2D eigenvalue weighted by molar-refractivity contribution is 0.628. The third-order valence-corrected chi connectivity index (χ3v) is 2.87. The maximum atomic E-state index is 13.1. The van der Waals surface area contributed by atoms with Gasteiger partial charge in [-0.25, -0.2) is 4.39 Å². The maximum Gasteiger partial charge on any atom is 0.202 e. The lowest BCUT2D eigenvalue weighted by atomic mass is 10.1. The minimum atomic E-state index is -0.264. The van der Waals surface area contributed by atoms with Crippen LogP contribution in [0.2, 0.25) is 0 Å². The molecule has 0 aliphatic carbocycles. The molecule has 1 heterocycles. The fourth-order valence-electron chi connectivity index (χ4n) is 1.39. The number of aryl methyl sites for hydroxylation is 1. The van der Waals surface area contributed by atoms with Crippen molar-refractivity contribution in [3.8, 4) is 11.4 Å². The minimum absolute atomic E-state index is 0.264. The average molecular weight is 237 g/mol. The van der Waals surface area contributed by atoms with Gasteiger partial charge in [-0.05, 0) is 31.5 Å². The third-order valence-electron chi connectivity index (χ3n) is 2.19. The SMILES string of the molecule is CCNc1nc(-c2cc(F)ccc2C)ns1. The Labute approximate surface area is 97.5 Å². The Kier molecular flexibility index (Phi) is 3.14. The Morgan fingerprint density at radius 2 is 2.25 bits per heavy atom. The van der Waals surface area contributed by atoms with Crippen LogP contribution < -0.4 is 5.32 Å². The summed E-state index contributed by atoms with van der Waals surface area (Å²) in [6.45, 7) is 4.72. The lowest BCUT2D eigenvalue weighted by Gasteiger charge is -2.00. The fourth-order valence-corrected chi connectivity index (χ4v) is 2.04. The maximum absolute atomic E-state index is 13.1. The summed E-state index contributed by atoms with van der Waals surface area (Å²) in [5.41, 5.74) is 1.72. The van der Waals surface area contributed by atoms with Crippen LogP contribution in [0.3, 0.4) is 0 Å². The van der Waals surface area contributed by atoms with Crippen molar-refractivity contribution in [3.05, 3.63) is 29.6 Å². The van der Waals surface area contributed by atoms with Gasteiger partial charge >= 0.3 is 0 Å². The van der Waals surface area contributed by atoms with E-state index < -0.39 is 0 Å². The number of hydrogen-bond acceptors (Lipinski definition) is 4. The Balaban J connectivity index is 2.38. The van der Waals surface area contributed by atoms with Crippen molar-refractivity contribution in [3.63, 3.8) is 0 Å². The summed E-state index contributed by atoms with van der Waals surface area (Å²) < 4.78 is 17.3. The molecule has 0 amide bonds. The molecule has 2 rings (SSSR count). The molecule has 2 aromatic rings. The van der Waals surface area contributed by atoms with Crippen LogP contribution in [-0.4, -0.2) is 15.9 Å². The van der Waals surface area contributed by atoms with Gasteiger partial charge in [0.1, 0.15) is 5.82 Å². The summed E-state index contributed by atoms with van der Waals surface area (Å²) >= 11 is 1.29. The first kappa shape index (κ1) is 11.0. The summed E-state index contributed by atoms with van der Waals surface area (Å²) in [4.78, 5) is 4.30. The standard InChI is InChI=1S/C11H12FN3S/c1-3-13-11-14-10(15-16-11)9-6-8(12)5-4-7(9)2/h4-6H,3H2,1-2H3,(H,13,14,15). The molecule has 0 aliphatic heterocycles. The van der Waals surface area contributed by atoms with Crippen molar-refractivity contribution in [2.24, 2.45) is 0 Å². The number of rotatable bonds is 3. The molecule has 0 radical (unpaired) electrons. The predicted octanol–water partition coefficient (Wildman–Crippen LogP) is 3.08. The van der Waals surface area contributed by atoms with Crippen molar-refractivity contribution in [2.75, 3.05) is 11.9 Å².